The molecule has 2 atom stereocenters. The fraction of sp³-hybridized carbons (Fsp3) is 0.412. The molecule has 0 saturated carbocycles. The molecule has 0 spiro atoms. The van der Waals surface area contributed by atoms with Crippen LogP contribution in [0.4, 0.5) is 4.39 Å². The average Bonchev–Trinajstić information content (AvgIpc) is 2.97. The number of nitrogens with zero attached hydrogens (tertiary/aromatic N) is 3. The molecule has 6 heteroatoms. The van der Waals surface area contributed by atoms with Gasteiger partial charge >= 0.3 is 0 Å². The lowest BCUT2D eigenvalue weighted by Gasteiger charge is -2.21. The molecule has 0 aliphatic carbocycles. The Balaban J connectivity index is 1.64. The molecule has 1 aliphatic rings. The van der Waals surface area contributed by atoms with E-state index in [1.54, 1.807) is 29.6 Å². The molecule has 23 heavy (non-hydrogen) atoms. The van der Waals surface area contributed by atoms with E-state index in [1.807, 2.05) is 10.8 Å². The minimum absolute atomic E-state index is 0.0333. The summed E-state index contributed by atoms with van der Waals surface area (Å²) in [5.41, 5.74) is 0.672. The Morgan fingerprint density at radius 1 is 1.35 bits per heavy atom. The standard InChI is InChI=1S/C17H20FN3O2/c18-14-3-1-2-13(10-14)11-17(23)20-7-4-15(16(22)5-8-20)21-9-6-19-12-21/h1-3,6,9-10,12,15-16,22H,4-5,7-8,11H2/t15-,16-/m0/s1. The summed E-state index contributed by atoms with van der Waals surface area (Å²) in [7, 11) is 0. The Morgan fingerprint density at radius 3 is 2.91 bits per heavy atom. The summed E-state index contributed by atoms with van der Waals surface area (Å²) in [6.45, 7) is 1.09. The molecular weight excluding hydrogens is 297 g/mol. The number of halogens is 1. The van der Waals surface area contributed by atoms with Crippen molar-refractivity contribution in [3.63, 3.8) is 0 Å². The van der Waals surface area contributed by atoms with E-state index in [0.29, 0.717) is 31.5 Å². The third kappa shape index (κ3) is 3.76. The summed E-state index contributed by atoms with van der Waals surface area (Å²) in [6, 6.07) is 6.05. The lowest BCUT2D eigenvalue weighted by Crippen LogP contribution is -2.33. The summed E-state index contributed by atoms with van der Waals surface area (Å²) in [5.74, 6) is -0.365. The van der Waals surface area contributed by atoms with Crippen LogP contribution >= 0.6 is 0 Å². The number of likely N-dealkylation sites (tertiary alicyclic amines) is 1. The summed E-state index contributed by atoms with van der Waals surface area (Å²) in [5, 5.41) is 10.3. The number of rotatable bonds is 3. The van der Waals surface area contributed by atoms with E-state index >= 15 is 0 Å². The van der Waals surface area contributed by atoms with Gasteiger partial charge in [0.2, 0.25) is 5.91 Å². The van der Waals surface area contributed by atoms with E-state index < -0.39 is 6.10 Å². The van der Waals surface area contributed by atoms with Crippen LogP contribution in [0.2, 0.25) is 0 Å². The Kier molecular flexibility index (Phi) is 4.71. The second-order valence-electron chi connectivity index (χ2n) is 5.91. The zero-order valence-corrected chi connectivity index (χ0v) is 12.8. The highest BCUT2D eigenvalue weighted by atomic mass is 19.1. The van der Waals surface area contributed by atoms with Crippen molar-refractivity contribution in [1.82, 2.24) is 14.5 Å². The molecule has 1 amide bonds. The molecule has 1 N–H and O–H groups in total. The van der Waals surface area contributed by atoms with Gasteiger partial charge in [0, 0.05) is 25.5 Å². The smallest absolute Gasteiger partial charge is 0.226 e. The van der Waals surface area contributed by atoms with Gasteiger partial charge in [0.25, 0.3) is 0 Å². The topological polar surface area (TPSA) is 58.4 Å². The Labute approximate surface area is 134 Å². The number of benzene rings is 1. The second-order valence-corrected chi connectivity index (χ2v) is 5.91. The molecule has 2 heterocycles. The van der Waals surface area contributed by atoms with Crippen LogP contribution in [0.3, 0.4) is 0 Å². The van der Waals surface area contributed by atoms with E-state index in [4.69, 9.17) is 0 Å². The van der Waals surface area contributed by atoms with E-state index in [2.05, 4.69) is 4.98 Å². The zero-order valence-electron chi connectivity index (χ0n) is 12.8. The molecule has 1 saturated heterocycles. The number of carbonyl (C=O) groups excluding carboxylic acids is 1. The monoisotopic (exact) mass is 317 g/mol. The summed E-state index contributed by atoms with van der Waals surface area (Å²) in [4.78, 5) is 18.2. The van der Waals surface area contributed by atoms with Crippen molar-refractivity contribution in [3.05, 3.63) is 54.4 Å². The van der Waals surface area contributed by atoms with Gasteiger partial charge in [-0.1, -0.05) is 12.1 Å². The summed E-state index contributed by atoms with van der Waals surface area (Å²) < 4.78 is 15.1. The van der Waals surface area contributed by atoms with Gasteiger partial charge in [-0.25, -0.2) is 9.37 Å². The van der Waals surface area contributed by atoms with Crippen LogP contribution in [0, 0.1) is 5.82 Å². The number of hydrogen-bond acceptors (Lipinski definition) is 3. The molecule has 122 valence electrons. The molecule has 2 aromatic rings. The number of hydrogen-bond donors (Lipinski definition) is 1. The normalized spacial score (nSPS) is 21.9. The molecule has 3 rings (SSSR count). The van der Waals surface area contributed by atoms with Crippen molar-refractivity contribution in [2.75, 3.05) is 13.1 Å². The molecule has 1 aliphatic heterocycles. The van der Waals surface area contributed by atoms with Gasteiger partial charge < -0.3 is 14.6 Å². The number of aromatic nitrogens is 2. The number of aliphatic hydroxyl groups is 1. The summed E-state index contributed by atoms with van der Waals surface area (Å²) in [6.07, 6.45) is 6.09. The number of imidazole rings is 1. The predicted molar refractivity (Wildman–Crippen MR) is 83.2 cm³/mol. The Morgan fingerprint density at radius 2 is 2.17 bits per heavy atom. The van der Waals surface area contributed by atoms with E-state index in [-0.39, 0.29) is 24.2 Å². The zero-order chi connectivity index (χ0) is 16.2. The van der Waals surface area contributed by atoms with Crippen molar-refractivity contribution in [2.24, 2.45) is 0 Å². The van der Waals surface area contributed by atoms with Crippen molar-refractivity contribution in [3.8, 4) is 0 Å². The van der Waals surface area contributed by atoms with Crippen LogP contribution in [0.5, 0.6) is 0 Å². The highest BCUT2D eigenvalue weighted by molar-refractivity contribution is 5.78. The Hall–Kier alpha value is -2.21. The number of aliphatic hydroxyl groups excluding tert-OH is 1. The third-order valence-corrected chi connectivity index (χ3v) is 4.34. The van der Waals surface area contributed by atoms with Crippen molar-refractivity contribution in [1.29, 1.82) is 0 Å². The van der Waals surface area contributed by atoms with Crippen molar-refractivity contribution >= 4 is 5.91 Å². The number of amides is 1. The van der Waals surface area contributed by atoms with E-state index in [9.17, 15) is 14.3 Å². The van der Waals surface area contributed by atoms with Crippen LogP contribution in [0.25, 0.3) is 0 Å². The first kappa shape index (κ1) is 15.7. The maximum atomic E-state index is 13.2. The highest BCUT2D eigenvalue weighted by Gasteiger charge is 2.27. The molecule has 5 nitrogen and oxygen atoms in total. The van der Waals surface area contributed by atoms with Gasteiger partial charge in [-0.05, 0) is 30.5 Å². The molecule has 1 aromatic heterocycles. The summed E-state index contributed by atoms with van der Waals surface area (Å²) >= 11 is 0. The van der Waals surface area contributed by atoms with Crippen LogP contribution in [-0.2, 0) is 11.2 Å². The van der Waals surface area contributed by atoms with E-state index in [1.165, 1.54) is 12.1 Å². The maximum absolute atomic E-state index is 13.2. The quantitative estimate of drug-likeness (QED) is 0.939. The lowest BCUT2D eigenvalue weighted by atomic mass is 10.1. The first-order valence-electron chi connectivity index (χ1n) is 7.81. The Bertz CT molecular complexity index is 660. The molecular formula is C17H20FN3O2. The minimum atomic E-state index is -0.504. The molecule has 0 unspecified atom stereocenters. The van der Waals surface area contributed by atoms with Gasteiger partial charge in [-0.3, -0.25) is 4.79 Å². The fourth-order valence-corrected chi connectivity index (χ4v) is 3.07. The van der Waals surface area contributed by atoms with Gasteiger partial charge in [-0.15, -0.1) is 0 Å². The molecule has 1 aromatic carbocycles. The number of carbonyl (C=O) groups is 1. The van der Waals surface area contributed by atoms with Crippen molar-refractivity contribution < 1.29 is 14.3 Å². The molecule has 0 radical (unpaired) electrons. The molecule has 0 bridgehead atoms. The maximum Gasteiger partial charge on any atom is 0.226 e. The van der Waals surface area contributed by atoms with Crippen molar-refractivity contribution in [2.45, 2.75) is 31.4 Å². The average molecular weight is 317 g/mol. The van der Waals surface area contributed by atoms with Crippen LogP contribution in [-0.4, -0.2) is 44.7 Å². The fourth-order valence-electron chi connectivity index (χ4n) is 3.07. The van der Waals surface area contributed by atoms with Crippen LogP contribution in [0.1, 0.15) is 24.4 Å². The van der Waals surface area contributed by atoms with Crippen LogP contribution < -0.4 is 0 Å². The predicted octanol–water partition coefficient (Wildman–Crippen LogP) is 1.79. The largest absolute Gasteiger partial charge is 0.391 e. The highest BCUT2D eigenvalue weighted by Crippen LogP contribution is 2.23. The van der Waals surface area contributed by atoms with Gasteiger partial charge in [0.1, 0.15) is 5.82 Å². The third-order valence-electron chi connectivity index (χ3n) is 4.34. The first-order chi connectivity index (χ1) is 11.1. The lowest BCUT2D eigenvalue weighted by molar-refractivity contribution is -0.130. The minimum Gasteiger partial charge on any atom is -0.391 e. The first-order valence-corrected chi connectivity index (χ1v) is 7.81. The second kappa shape index (κ2) is 6.91. The molecule has 1 fully saturated rings. The van der Waals surface area contributed by atoms with Gasteiger partial charge in [0.05, 0.1) is 24.9 Å². The van der Waals surface area contributed by atoms with Crippen LogP contribution in [0.15, 0.2) is 43.0 Å². The van der Waals surface area contributed by atoms with E-state index in [0.717, 1.165) is 0 Å². The van der Waals surface area contributed by atoms with Gasteiger partial charge in [-0.2, -0.15) is 0 Å². The SMILES string of the molecule is O=C(Cc1cccc(F)c1)N1CC[C@H](O)[C@@H](n2ccnc2)CC1. The van der Waals surface area contributed by atoms with Gasteiger partial charge in [0.15, 0.2) is 0 Å².